The molecule has 0 aliphatic carbocycles. The molecule has 3 aromatic heterocycles. The third-order valence-corrected chi connectivity index (χ3v) is 19.9. The number of unbranched alkanes of at least 4 members (excludes halogenated alkanes) is 2. The number of rotatable bonds is 44. The quantitative estimate of drug-likeness (QED) is 0.0244. The van der Waals surface area contributed by atoms with Gasteiger partial charge in [0.05, 0.1) is 12.2 Å². The topological polar surface area (TPSA) is 483 Å². The number of nitrogens with zero attached hydrogens (tertiary/aromatic N) is 6. The lowest BCUT2D eigenvalue weighted by molar-refractivity contribution is -0.144. The molecular formula is C82H107ClN20O13. The monoisotopic (exact) mass is 1610 g/mol. The van der Waals surface area contributed by atoms with E-state index in [2.05, 4.69) is 83.6 Å². The average molecular weight is 1620 g/mol. The fourth-order valence-electron chi connectivity index (χ4n) is 13.4. The average Bonchev–Trinajstić information content (AvgIpc) is 1.11. The number of nitrogens with two attached hydrogens (primary N) is 2. The van der Waals surface area contributed by atoms with Gasteiger partial charge in [-0.1, -0.05) is 112 Å². The highest BCUT2D eigenvalue weighted by molar-refractivity contribution is 6.30. The van der Waals surface area contributed by atoms with Crippen LogP contribution in [0.3, 0.4) is 0 Å². The zero-order valence-corrected chi connectivity index (χ0v) is 67.0. The number of nitrogen functional groups attached to an aromatic ring is 1. The Morgan fingerprint density at radius 1 is 0.595 bits per heavy atom. The molecule has 1 saturated heterocycles. The first-order valence-electron chi connectivity index (χ1n) is 39.0. The van der Waals surface area contributed by atoms with Gasteiger partial charge in [-0.3, -0.25) is 67.5 Å². The number of carbonyl (C=O) groups is 12. The minimum atomic E-state index is -1.84. The summed E-state index contributed by atoms with van der Waals surface area (Å²) in [5.41, 5.74) is 14.2. The van der Waals surface area contributed by atoms with E-state index in [1.165, 1.54) is 50.6 Å². The van der Waals surface area contributed by atoms with Gasteiger partial charge in [0.25, 0.3) is 5.91 Å². The Morgan fingerprint density at radius 2 is 1.16 bits per heavy atom. The van der Waals surface area contributed by atoms with Crippen LogP contribution in [0.5, 0.6) is 0 Å². The summed E-state index contributed by atoms with van der Waals surface area (Å²) >= 11 is 6.29. The second kappa shape index (κ2) is 44.6. The number of carbonyl (C=O) groups excluding carboxylic acids is 12. The predicted molar refractivity (Wildman–Crippen MR) is 436 cm³/mol. The van der Waals surface area contributed by atoms with Crippen LogP contribution in [-0.2, 0) is 78.4 Å². The van der Waals surface area contributed by atoms with E-state index in [4.69, 9.17) is 23.1 Å². The maximum Gasteiger partial charge on any atom is 0.252 e. The number of hydrogen-bond donors (Lipinski definition) is 15. The number of likely N-dealkylation sites (tertiary alicyclic amines) is 1. The number of fused-ring (bicyclic) bond motifs is 1. The van der Waals surface area contributed by atoms with Crippen molar-refractivity contribution in [1.82, 2.24) is 88.1 Å². The second-order valence-electron chi connectivity index (χ2n) is 29.7. The van der Waals surface area contributed by atoms with Gasteiger partial charge in [-0.2, -0.15) is 4.98 Å². The number of aromatic nitrogens is 5. The number of pyridine rings is 2. The lowest BCUT2D eigenvalue weighted by Crippen LogP contribution is -2.62. The van der Waals surface area contributed by atoms with E-state index in [9.17, 15) is 38.7 Å². The number of hydrogen-bond acceptors (Lipinski definition) is 20. The number of amides is 12. The fraction of sp³-hybridized carbons (Fsp3) is 0.439. The fourth-order valence-corrected chi connectivity index (χ4v) is 13.5. The second-order valence-corrected chi connectivity index (χ2v) is 30.1. The summed E-state index contributed by atoms with van der Waals surface area (Å²) in [6.07, 6.45) is 7.53. The lowest BCUT2D eigenvalue weighted by atomic mass is 9.99. The molecule has 10 atom stereocenters. The lowest BCUT2D eigenvalue weighted by Gasteiger charge is -2.33. The van der Waals surface area contributed by atoms with Crippen LogP contribution < -0.4 is 70.0 Å². The standard InChI is InChI=1S/C82H107ClN20O13/c1-48(2)39-63(73(109)94-62(22-11-12-36-88-49(3)4)80(116)103-38-16-23-68(103)77(113)90-50(5)70(84)106)95-72(108)61(21-10-13-37-89-71(107)58-20-15-35-87-46-58)93-78(114)69(44-53-27-32-60(33-28-53)92-82-99-81(85)100-101-82)102(7)79(115)67(47-104)98-76(112)66(43-55-17-14-34-86-45-55)97-75(111)65(41-52-25-30-59(83)31-26-52)96-74(110)64(91-51(6)105)42-54-24-29-56-18-8-9-19-57(56)40-54/h8-9,14-15,17-20,24-35,40,45-46,48-50,61-69,88,104H,10-13,16,21-23,36-39,41-44,47H2,1-7H3,(H2,84,106)(H,89,107)(H,90,113)(H,91,105)(H,93,114)(H,94,109)(H,95,108)(H,96,110)(H,97,111)(H,98,112)(H4,85,92,99,100,101)/t50-,61-,62+,63+,64-,65-,66-,67+,68+,69+/m1/s1. The van der Waals surface area contributed by atoms with Crippen LogP contribution in [0.2, 0.25) is 5.02 Å². The summed E-state index contributed by atoms with van der Waals surface area (Å²) in [5.74, 6) is -9.02. The minimum absolute atomic E-state index is 0.0234. The highest BCUT2D eigenvalue weighted by Crippen LogP contribution is 2.24. The largest absolute Gasteiger partial charge is 0.394 e. The van der Waals surface area contributed by atoms with Crippen LogP contribution in [0.4, 0.5) is 17.6 Å². The van der Waals surface area contributed by atoms with Gasteiger partial charge < -0.3 is 84.9 Å². The van der Waals surface area contributed by atoms with E-state index >= 15 is 24.0 Å². The molecular weight excluding hydrogens is 1510 g/mol. The molecule has 0 spiro atoms. The zero-order chi connectivity index (χ0) is 84.0. The zero-order valence-electron chi connectivity index (χ0n) is 66.3. The summed E-state index contributed by atoms with van der Waals surface area (Å²) in [6.45, 7) is 10.1. The van der Waals surface area contributed by atoms with Crippen molar-refractivity contribution in [2.45, 2.75) is 191 Å². The number of aromatic amines is 1. The number of benzene rings is 4. The van der Waals surface area contributed by atoms with E-state index in [-0.39, 0.29) is 101 Å². The van der Waals surface area contributed by atoms with Crippen molar-refractivity contribution in [3.05, 3.63) is 173 Å². The summed E-state index contributed by atoms with van der Waals surface area (Å²) in [7, 11) is 1.26. The smallest absolute Gasteiger partial charge is 0.252 e. The molecule has 1 fully saturated rings. The van der Waals surface area contributed by atoms with Crippen molar-refractivity contribution in [2.24, 2.45) is 11.7 Å². The molecule has 17 N–H and O–H groups in total. The van der Waals surface area contributed by atoms with Gasteiger partial charge in [0.1, 0.15) is 60.4 Å². The van der Waals surface area contributed by atoms with Crippen molar-refractivity contribution in [1.29, 1.82) is 0 Å². The van der Waals surface area contributed by atoms with Crippen molar-refractivity contribution in [3.8, 4) is 0 Å². The molecule has 1 aliphatic heterocycles. The Hall–Kier alpha value is -12.0. The third-order valence-electron chi connectivity index (χ3n) is 19.6. The first-order valence-corrected chi connectivity index (χ1v) is 39.3. The molecule has 0 unspecified atom stereocenters. The molecule has 0 saturated carbocycles. The highest BCUT2D eigenvalue weighted by atomic mass is 35.5. The van der Waals surface area contributed by atoms with Crippen molar-refractivity contribution >= 4 is 111 Å². The molecule has 620 valence electrons. The van der Waals surface area contributed by atoms with E-state index in [0.717, 1.165) is 15.7 Å². The molecule has 33 nitrogen and oxygen atoms in total. The molecule has 7 aromatic rings. The van der Waals surface area contributed by atoms with Gasteiger partial charge in [-0.05, 0) is 153 Å². The number of aliphatic hydroxyl groups is 1. The summed E-state index contributed by atoms with van der Waals surface area (Å²) in [4.78, 5) is 187. The predicted octanol–water partition coefficient (Wildman–Crippen LogP) is 3.03. The summed E-state index contributed by atoms with van der Waals surface area (Å²) < 4.78 is 0. The van der Waals surface area contributed by atoms with Gasteiger partial charge in [0.15, 0.2) is 0 Å². The first kappa shape index (κ1) is 89.6. The van der Waals surface area contributed by atoms with Gasteiger partial charge in [0.2, 0.25) is 76.9 Å². The van der Waals surface area contributed by atoms with Gasteiger partial charge in [0, 0.05) is 94.3 Å². The Morgan fingerprint density at radius 3 is 1.77 bits per heavy atom. The first-order chi connectivity index (χ1) is 55.5. The van der Waals surface area contributed by atoms with E-state index in [1.807, 2.05) is 70.2 Å². The molecule has 8 rings (SSSR count). The van der Waals surface area contributed by atoms with Gasteiger partial charge in [-0.25, -0.2) is 5.10 Å². The van der Waals surface area contributed by atoms with Crippen LogP contribution in [0, 0.1) is 5.92 Å². The number of likely N-dealkylation sites (N-methyl/N-ethyl adjacent to an activating group) is 1. The molecule has 12 amide bonds. The Bertz CT molecular complexity index is 4480. The van der Waals surface area contributed by atoms with E-state index in [0.29, 0.717) is 64.3 Å². The number of H-pyrrole nitrogens is 1. The van der Waals surface area contributed by atoms with Crippen molar-refractivity contribution in [2.75, 3.05) is 44.3 Å². The normalized spacial score (nSPS) is 14.9. The minimum Gasteiger partial charge on any atom is -0.394 e. The number of aliphatic hydroxyl groups excluding tert-OH is 1. The number of anilines is 3. The Kier molecular flexibility index (Phi) is 34.5. The van der Waals surface area contributed by atoms with Crippen molar-refractivity contribution in [3.63, 3.8) is 0 Å². The molecule has 1 aliphatic rings. The molecule has 116 heavy (non-hydrogen) atoms. The maximum atomic E-state index is 15.6. The molecule has 34 heteroatoms. The SMILES string of the molecule is CC(=O)N[C@H](Cc1ccc2ccccc2c1)C(=O)N[C@H](Cc1ccc(Cl)cc1)C(=O)N[C@H](Cc1cccnc1)C(=O)N[C@@H](CO)C(=O)N(C)[C@@H](Cc1ccc(Nc2nc(N)n[nH]2)cc1)C(=O)N[C@H](CCCCNC(=O)c1cccnc1)C(=O)N[C@@H](CC(C)C)C(=O)N[C@@H](CCCCNC(C)C)C(=O)N1CCC[C@H]1C(=O)N[C@H](C)C(N)=O. The number of halogens is 1. The molecule has 0 radical (unpaired) electrons. The van der Waals surface area contributed by atoms with Crippen LogP contribution in [0.25, 0.3) is 10.8 Å². The Labute approximate surface area is 678 Å². The van der Waals surface area contributed by atoms with Gasteiger partial charge >= 0.3 is 0 Å². The Balaban J connectivity index is 1.08. The molecule has 0 bridgehead atoms. The third kappa shape index (κ3) is 27.9. The van der Waals surface area contributed by atoms with Crippen LogP contribution in [0.1, 0.15) is 132 Å². The molecule has 4 aromatic carbocycles. The summed E-state index contributed by atoms with van der Waals surface area (Å²) in [6, 6.07) is 19.4. The van der Waals surface area contributed by atoms with Crippen LogP contribution >= 0.6 is 11.6 Å². The van der Waals surface area contributed by atoms with Crippen LogP contribution in [0.15, 0.2) is 140 Å². The summed E-state index contributed by atoms with van der Waals surface area (Å²) in [5, 5.41) is 51.3. The number of primary amides is 1. The van der Waals surface area contributed by atoms with Crippen LogP contribution in [-0.4, -0.2) is 211 Å². The molecule has 4 heterocycles. The van der Waals surface area contributed by atoms with Gasteiger partial charge in [-0.15, -0.1) is 5.10 Å². The van der Waals surface area contributed by atoms with Crippen molar-refractivity contribution < 1.29 is 62.6 Å². The van der Waals surface area contributed by atoms with E-state index < -0.39 is 138 Å². The van der Waals surface area contributed by atoms with E-state index in [1.54, 1.807) is 72.8 Å². The number of nitrogens with one attached hydrogen (secondary N) is 12. The maximum absolute atomic E-state index is 15.6. The highest BCUT2D eigenvalue weighted by Gasteiger charge is 2.41.